The Morgan fingerprint density at radius 3 is 2.00 bits per heavy atom. The van der Waals surface area contributed by atoms with E-state index in [-0.39, 0.29) is 5.92 Å². The van der Waals surface area contributed by atoms with Crippen molar-refractivity contribution in [3.05, 3.63) is 71.3 Å². The van der Waals surface area contributed by atoms with E-state index in [0.29, 0.717) is 5.57 Å². The van der Waals surface area contributed by atoms with Crippen LogP contribution in [-0.2, 0) is 9.53 Å². The number of carbonyl (C=O) groups excluding carboxylic acids is 2. The highest BCUT2D eigenvalue weighted by Gasteiger charge is 2.27. The summed E-state index contributed by atoms with van der Waals surface area (Å²) in [4.78, 5) is 22.5. The number of rotatable bonds is 2. The normalized spacial score (nSPS) is 13.5. The van der Waals surface area contributed by atoms with Crippen LogP contribution in [0.15, 0.2) is 60.2 Å². The third kappa shape index (κ3) is 2.55. The van der Waals surface area contributed by atoms with Crippen LogP contribution in [0.4, 0.5) is 4.79 Å². The van der Waals surface area contributed by atoms with Crippen LogP contribution in [0.2, 0.25) is 0 Å². The van der Waals surface area contributed by atoms with Crippen molar-refractivity contribution in [1.29, 1.82) is 0 Å². The highest BCUT2D eigenvalue weighted by molar-refractivity contribution is 6.62. The van der Waals surface area contributed by atoms with Gasteiger partial charge in [0, 0.05) is 23.1 Å². The minimum atomic E-state index is -1.12. The van der Waals surface area contributed by atoms with Gasteiger partial charge in [0.2, 0.25) is 0 Å². The molecular formula is C18H13ClO3. The van der Waals surface area contributed by atoms with Crippen LogP contribution < -0.4 is 0 Å². The van der Waals surface area contributed by atoms with E-state index in [0.717, 1.165) is 22.3 Å². The van der Waals surface area contributed by atoms with Crippen LogP contribution in [0.3, 0.4) is 0 Å². The zero-order valence-corrected chi connectivity index (χ0v) is 12.6. The van der Waals surface area contributed by atoms with Crippen LogP contribution in [-0.4, -0.2) is 11.4 Å². The highest BCUT2D eigenvalue weighted by atomic mass is 35.5. The van der Waals surface area contributed by atoms with Gasteiger partial charge in [0.25, 0.3) is 0 Å². The fourth-order valence-electron chi connectivity index (χ4n) is 2.85. The summed E-state index contributed by atoms with van der Waals surface area (Å²) in [5.74, 6) is -0.757. The fraction of sp³-hybridized carbons (Fsp3) is 0.111. The second kappa shape index (κ2) is 5.78. The molecule has 4 heteroatoms. The first kappa shape index (κ1) is 14.5. The summed E-state index contributed by atoms with van der Waals surface area (Å²) in [6, 6.07) is 16.2. The zero-order valence-electron chi connectivity index (χ0n) is 11.9. The van der Waals surface area contributed by atoms with E-state index in [1.165, 1.54) is 0 Å². The lowest BCUT2D eigenvalue weighted by molar-refractivity contribution is -0.132. The molecule has 0 saturated carbocycles. The quantitative estimate of drug-likeness (QED) is 0.351. The summed E-state index contributed by atoms with van der Waals surface area (Å²) >= 11 is 5.09. The number of esters is 1. The van der Waals surface area contributed by atoms with Gasteiger partial charge in [-0.15, -0.1) is 0 Å². The third-order valence-corrected chi connectivity index (χ3v) is 3.87. The average Bonchev–Trinajstić information content (AvgIpc) is 2.81. The maximum atomic E-state index is 11.8. The number of hydrogen-bond acceptors (Lipinski definition) is 3. The lowest BCUT2D eigenvalue weighted by Gasteiger charge is -2.10. The van der Waals surface area contributed by atoms with Crippen molar-refractivity contribution in [3.63, 3.8) is 0 Å². The molecule has 0 spiro atoms. The first-order valence-electron chi connectivity index (χ1n) is 6.86. The van der Waals surface area contributed by atoms with Gasteiger partial charge in [-0.1, -0.05) is 54.6 Å². The molecule has 0 fully saturated rings. The summed E-state index contributed by atoms with van der Waals surface area (Å²) in [7, 11) is 0. The molecule has 0 saturated heterocycles. The molecule has 22 heavy (non-hydrogen) atoms. The SMILES string of the molecule is CC(=CC1c2ccccc2-c2ccccc21)C(=O)OC(=O)Cl. The van der Waals surface area contributed by atoms with E-state index in [1.807, 2.05) is 42.5 Å². The molecule has 0 N–H and O–H groups in total. The van der Waals surface area contributed by atoms with E-state index >= 15 is 0 Å². The maximum Gasteiger partial charge on any atom is 0.411 e. The number of allylic oxidation sites excluding steroid dienone is 1. The van der Waals surface area contributed by atoms with Crippen LogP contribution in [0, 0.1) is 0 Å². The molecule has 1 aliphatic carbocycles. The molecule has 3 nitrogen and oxygen atoms in total. The first-order valence-corrected chi connectivity index (χ1v) is 7.24. The molecule has 0 atom stereocenters. The van der Waals surface area contributed by atoms with Crippen LogP contribution in [0.25, 0.3) is 11.1 Å². The maximum absolute atomic E-state index is 11.8. The first-order chi connectivity index (χ1) is 10.6. The van der Waals surface area contributed by atoms with Gasteiger partial charge in [0.1, 0.15) is 0 Å². The Kier molecular flexibility index (Phi) is 3.82. The molecular weight excluding hydrogens is 300 g/mol. The molecule has 0 bridgehead atoms. The van der Waals surface area contributed by atoms with Crippen molar-refractivity contribution in [1.82, 2.24) is 0 Å². The Hall–Kier alpha value is -2.39. The van der Waals surface area contributed by atoms with Gasteiger partial charge in [-0.2, -0.15) is 0 Å². The second-order valence-electron chi connectivity index (χ2n) is 5.13. The number of benzene rings is 2. The fourth-order valence-corrected chi connectivity index (χ4v) is 2.92. The summed E-state index contributed by atoms with van der Waals surface area (Å²) in [6.07, 6.45) is 1.81. The predicted octanol–water partition coefficient (Wildman–Crippen LogP) is 4.65. The number of fused-ring (bicyclic) bond motifs is 3. The molecule has 2 aromatic carbocycles. The van der Waals surface area contributed by atoms with E-state index in [4.69, 9.17) is 11.6 Å². The van der Waals surface area contributed by atoms with Gasteiger partial charge in [0.15, 0.2) is 0 Å². The van der Waals surface area contributed by atoms with Gasteiger partial charge in [-0.3, -0.25) is 0 Å². The molecule has 0 radical (unpaired) electrons. The molecule has 1 aliphatic rings. The Morgan fingerprint density at radius 2 is 1.50 bits per heavy atom. The van der Waals surface area contributed by atoms with Crippen molar-refractivity contribution in [2.75, 3.05) is 0 Å². The molecule has 3 rings (SSSR count). The monoisotopic (exact) mass is 312 g/mol. The summed E-state index contributed by atoms with van der Waals surface area (Å²) in [5, 5.41) is 0. The second-order valence-corrected chi connectivity index (χ2v) is 5.44. The molecule has 0 aromatic heterocycles. The van der Waals surface area contributed by atoms with Crippen molar-refractivity contribution in [2.24, 2.45) is 0 Å². The number of ether oxygens (including phenoxy) is 1. The zero-order chi connectivity index (χ0) is 15.7. The minimum Gasteiger partial charge on any atom is -0.377 e. The lowest BCUT2D eigenvalue weighted by atomic mass is 9.95. The molecule has 0 aliphatic heterocycles. The van der Waals surface area contributed by atoms with Gasteiger partial charge in [0.05, 0.1) is 0 Å². The Bertz CT molecular complexity index is 747. The summed E-state index contributed by atoms with van der Waals surface area (Å²) in [5.41, 5.74) is 3.82. The lowest BCUT2D eigenvalue weighted by Crippen LogP contribution is -2.08. The number of halogens is 1. The Balaban J connectivity index is 2.04. The topological polar surface area (TPSA) is 43.4 Å². The van der Waals surface area contributed by atoms with E-state index in [2.05, 4.69) is 16.9 Å². The van der Waals surface area contributed by atoms with E-state index < -0.39 is 11.4 Å². The third-order valence-electron chi connectivity index (χ3n) is 3.79. The van der Waals surface area contributed by atoms with Gasteiger partial charge < -0.3 is 4.74 Å². The summed E-state index contributed by atoms with van der Waals surface area (Å²) in [6.45, 7) is 1.62. The molecule has 110 valence electrons. The van der Waals surface area contributed by atoms with Gasteiger partial charge in [-0.05, 0) is 29.2 Å². The van der Waals surface area contributed by atoms with Crippen molar-refractivity contribution >= 4 is 23.0 Å². The Labute approximate surface area is 133 Å². The molecule has 0 heterocycles. The Morgan fingerprint density at radius 1 is 1.00 bits per heavy atom. The highest BCUT2D eigenvalue weighted by Crippen LogP contribution is 2.45. The van der Waals surface area contributed by atoms with E-state index in [1.54, 1.807) is 6.92 Å². The van der Waals surface area contributed by atoms with Gasteiger partial charge >= 0.3 is 11.4 Å². The molecule has 0 amide bonds. The van der Waals surface area contributed by atoms with Crippen molar-refractivity contribution in [3.8, 4) is 11.1 Å². The molecule has 2 aromatic rings. The van der Waals surface area contributed by atoms with Gasteiger partial charge in [-0.25, -0.2) is 9.59 Å². The van der Waals surface area contributed by atoms with Crippen LogP contribution in [0.5, 0.6) is 0 Å². The van der Waals surface area contributed by atoms with E-state index in [9.17, 15) is 9.59 Å². The smallest absolute Gasteiger partial charge is 0.377 e. The number of carbonyl (C=O) groups is 2. The standard InChI is InChI=1S/C18H13ClO3/c1-11(17(20)22-18(19)21)10-16-14-8-4-2-6-12(14)13-7-3-5-9-15(13)16/h2-10,16H,1H3. The molecule has 0 unspecified atom stereocenters. The van der Waals surface area contributed by atoms with Crippen molar-refractivity contribution < 1.29 is 14.3 Å². The van der Waals surface area contributed by atoms with Crippen molar-refractivity contribution in [2.45, 2.75) is 12.8 Å². The largest absolute Gasteiger partial charge is 0.411 e. The van der Waals surface area contributed by atoms with Crippen LogP contribution in [0.1, 0.15) is 24.0 Å². The predicted molar refractivity (Wildman–Crippen MR) is 84.8 cm³/mol. The van der Waals surface area contributed by atoms with Crippen LogP contribution >= 0.6 is 11.6 Å². The average molecular weight is 313 g/mol. The minimum absolute atomic E-state index is 0.0367. The summed E-state index contributed by atoms with van der Waals surface area (Å²) < 4.78 is 4.42. The number of hydrogen-bond donors (Lipinski definition) is 0.